The molecular weight excluding hydrogens is 226 g/mol. The van der Waals surface area contributed by atoms with E-state index in [0.29, 0.717) is 5.92 Å². The Morgan fingerprint density at radius 3 is 1.93 bits per heavy atom. The molecule has 0 aliphatic rings. The third-order valence-electron chi connectivity index (χ3n) is 2.27. The number of nitrogens with one attached hydrogen (secondary N) is 1. The highest BCUT2D eigenvalue weighted by atomic mass is 28.4. The molecule has 0 aliphatic heterocycles. The molecule has 4 nitrogen and oxygen atoms in total. The van der Waals surface area contributed by atoms with Gasteiger partial charge in [0.05, 0.1) is 0 Å². The lowest BCUT2D eigenvalue weighted by Gasteiger charge is -2.27. The Morgan fingerprint density at radius 1 is 1.13 bits per heavy atom. The molecule has 0 rings (SSSR count). The van der Waals surface area contributed by atoms with Crippen molar-refractivity contribution in [3.63, 3.8) is 0 Å². The minimum Gasteiger partial charge on any atom is -0.377 e. The highest BCUT2D eigenvalue weighted by molar-refractivity contribution is 6.60. The van der Waals surface area contributed by atoms with Crippen LogP contribution in [0.4, 0.5) is 0 Å². The van der Waals surface area contributed by atoms with Gasteiger partial charge in [-0.25, -0.2) is 0 Å². The topological polar surface area (TPSA) is 39.7 Å². The van der Waals surface area contributed by atoms with Crippen LogP contribution in [0.2, 0.25) is 6.04 Å². The zero-order valence-corrected chi connectivity index (χ0v) is 10.9. The molecule has 15 heavy (non-hydrogen) atoms. The summed E-state index contributed by atoms with van der Waals surface area (Å²) in [6.07, 6.45) is 0. The van der Waals surface area contributed by atoms with Gasteiger partial charge in [-0.1, -0.05) is 13.8 Å². The molecule has 0 saturated heterocycles. The van der Waals surface area contributed by atoms with Gasteiger partial charge < -0.3 is 18.6 Å². The third kappa shape index (κ3) is 6.44. The van der Waals surface area contributed by atoms with E-state index in [-0.39, 0.29) is 11.0 Å². The third-order valence-corrected chi connectivity index (χ3v) is 5.34. The maximum absolute atomic E-state index is 5.35. The van der Waals surface area contributed by atoms with Gasteiger partial charge >= 0.3 is 8.80 Å². The van der Waals surface area contributed by atoms with Crippen molar-refractivity contribution in [2.75, 3.05) is 34.4 Å². The van der Waals surface area contributed by atoms with Gasteiger partial charge in [-0.2, -0.15) is 0 Å². The fraction of sp³-hybridized carbons (Fsp3) is 1.00. The van der Waals surface area contributed by atoms with Crippen LogP contribution >= 0.6 is 0 Å². The average Bonchev–Trinajstić information content (AvgIpc) is 2.23. The average molecular weight is 253 g/mol. The summed E-state index contributed by atoms with van der Waals surface area (Å²) < 4.78 is 16.1. The molecule has 0 bridgehead atoms. The van der Waals surface area contributed by atoms with E-state index < -0.39 is 8.80 Å². The summed E-state index contributed by atoms with van der Waals surface area (Å²) in [5, 5.41) is 3.30. The van der Waals surface area contributed by atoms with E-state index in [1.165, 1.54) is 0 Å². The lowest BCUT2D eigenvalue weighted by atomic mass is 10.2. The Kier molecular flexibility index (Phi) is 11.2. The zero-order chi connectivity index (χ0) is 11.0. The van der Waals surface area contributed by atoms with Gasteiger partial charge in [0, 0.05) is 27.4 Å². The molecule has 94 valence electrons. The van der Waals surface area contributed by atoms with Crippen molar-refractivity contribution in [1.82, 2.24) is 5.32 Å². The molecule has 0 aromatic heterocycles. The van der Waals surface area contributed by atoms with Crippen molar-refractivity contribution in [3.8, 4) is 0 Å². The molecule has 6 heteroatoms. The fourth-order valence-electron chi connectivity index (χ4n) is 1.39. The molecule has 1 unspecified atom stereocenters. The van der Waals surface area contributed by atoms with Crippen LogP contribution in [0.5, 0.6) is 0 Å². The van der Waals surface area contributed by atoms with Gasteiger partial charge in [0.1, 0.15) is 0 Å². The minimum absolute atomic E-state index is 0. The lowest BCUT2D eigenvalue weighted by Crippen LogP contribution is -2.45. The maximum atomic E-state index is 5.35. The van der Waals surface area contributed by atoms with Gasteiger partial charge in [0.25, 0.3) is 0 Å². The predicted molar refractivity (Wildman–Crippen MR) is 70.6 cm³/mol. The second-order valence-corrected chi connectivity index (χ2v) is 6.41. The van der Waals surface area contributed by atoms with Crippen molar-refractivity contribution >= 4 is 19.8 Å². The summed E-state index contributed by atoms with van der Waals surface area (Å²) in [5.41, 5.74) is 0. The smallest absolute Gasteiger partial charge is 0.377 e. The molecule has 0 aromatic rings. The van der Waals surface area contributed by atoms with Crippen LogP contribution in [0.25, 0.3) is 0 Å². The van der Waals surface area contributed by atoms with E-state index in [2.05, 4.69) is 19.2 Å². The highest BCUT2D eigenvalue weighted by Crippen LogP contribution is 2.18. The summed E-state index contributed by atoms with van der Waals surface area (Å²) in [5.74, 6) is 0.501. The quantitative estimate of drug-likeness (QED) is 0.601. The fourth-order valence-corrected chi connectivity index (χ4v) is 3.39. The Hall–Kier alpha value is 0.274. The van der Waals surface area contributed by atoms with Crippen LogP contribution in [-0.4, -0.2) is 54.2 Å². The second-order valence-electron chi connectivity index (χ2n) is 3.41. The van der Waals surface area contributed by atoms with Crippen molar-refractivity contribution in [3.05, 3.63) is 0 Å². The number of hydrogen-bond acceptors (Lipinski definition) is 4. The minimum atomic E-state index is -2.37. The van der Waals surface area contributed by atoms with Crippen LogP contribution in [0, 0.1) is 5.92 Å². The molecule has 0 aliphatic carbocycles. The van der Waals surface area contributed by atoms with Gasteiger partial charge in [-0.05, 0) is 30.0 Å². The van der Waals surface area contributed by atoms with Crippen LogP contribution in [-0.2, 0) is 13.3 Å². The molecule has 0 spiro atoms. The summed E-state index contributed by atoms with van der Waals surface area (Å²) in [7, 11) is 2.59. The molecule has 1 N–H and O–H groups in total. The Bertz CT molecular complexity index is 137. The van der Waals surface area contributed by atoms with E-state index in [9.17, 15) is 0 Å². The van der Waals surface area contributed by atoms with Gasteiger partial charge in [0.2, 0.25) is 0 Å². The molecule has 0 saturated carbocycles. The lowest BCUT2D eigenvalue weighted by molar-refractivity contribution is 0.119. The largest absolute Gasteiger partial charge is 0.500 e. The van der Waals surface area contributed by atoms with Gasteiger partial charge in [0.15, 0.2) is 0 Å². The van der Waals surface area contributed by atoms with Crippen LogP contribution in [0.15, 0.2) is 0 Å². The van der Waals surface area contributed by atoms with Crippen LogP contribution in [0.1, 0.15) is 13.8 Å². The molecule has 0 amide bonds. The van der Waals surface area contributed by atoms with Crippen molar-refractivity contribution in [1.29, 1.82) is 0 Å². The summed E-state index contributed by atoms with van der Waals surface area (Å²) in [6, 6.07) is 0.851. The van der Waals surface area contributed by atoms with Crippen molar-refractivity contribution in [2.24, 2.45) is 5.92 Å². The van der Waals surface area contributed by atoms with Crippen LogP contribution in [0.3, 0.4) is 0 Å². The number of hydrogen-bond donors (Lipinski definition) is 1. The molecule has 0 heterocycles. The first-order valence-corrected chi connectivity index (χ1v) is 6.93. The molecule has 0 aromatic carbocycles. The Balaban J connectivity index is 0. The second kappa shape index (κ2) is 9.50. The maximum Gasteiger partial charge on any atom is 0.500 e. The SMILES string of the molecule is CCNCC(C)C[Si](OC)(OC)OC.[SiH4]. The molecular formula is C9H27NO3Si2. The number of rotatable bonds is 8. The Morgan fingerprint density at radius 2 is 1.60 bits per heavy atom. The van der Waals surface area contributed by atoms with E-state index in [4.69, 9.17) is 13.3 Å². The van der Waals surface area contributed by atoms with Gasteiger partial charge in [-0.3, -0.25) is 0 Å². The van der Waals surface area contributed by atoms with E-state index >= 15 is 0 Å². The summed E-state index contributed by atoms with van der Waals surface area (Å²) in [4.78, 5) is 0. The first-order valence-electron chi connectivity index (χ1n) is 5.00. The predicted octanol–water partition coefficient (Wildman–Crippen LogP) is -0.341. The molecule has 0 radical (unpaired) electrons. The normalized spacial score (nSPS) is 13.4. The summed E-state index contributed by atoms with van der Waals surface area (Å²) in [6.45, 7) is 6.23. The zero-order valence-electron chi connectivity index (χ0n) is 9.92. The van der Waals surface area contributed by atoms with Crippen LogP contribution < -0.4 is 5.32 Å². The van der Waals surface area contributed by atoms with E-state index in [0.717, 1.165) is 19.1 Å². The van der Waals surface area contributed by atoms with Crippen molar-refractivity contribution < 1.29 is 13.3 Å². The highest BCUT2D eigenvalue weighted by Gasteiger charge is 2.39. The van der Waals surface area contributed by atoms with Gasteiger partial charge in [-0.15, -0.1) is 0 Å². The Labute approximate surface area is 99.1 Å². The monoisotopic (exact) mass is 253 g/mol. The molecule has 0 fully saturated rings. The standard InChI is InChI=1S/C9H23NO3Si.H4Si/c1-6-10-7-9(2)8-14(11-3,12-4)13-5;/h9-10H,6-8H2,1-5H3;1H4. The summed E-state index contributed by atoms with van der Waals surface area (Å²) >= 11 is 0. The first-order chi connectivity index (χ1) is 6.64. The van der Waals surface area contributed by atoms with E-state index in [1.807, 2.05) is 0 Å². The first kappa shape index (κ1) is 17.7. The van der Waals surface area contributed by atoms with E-state index in [1.54, 1.807) is 21.3 Å². The van der Waals surface area contributed by atoms with Crippen molar-refractivity contribution in [2.45, 2.75) is 19.9 Å². The molecule has 1 atom stereocenters.